The fourth-order valence-electron chi connectivity index (χ4n) is 4.86. The van der Waals surface area contributed by atoms with Crippen LogP contribution in [0.4, 0.5) is 5.82 Å². The number of benzene rings is 1. The van der Waals surface area contributed by atoms with E-state index in [0.29, 0.717) is 38.2 Å². The number of hydrogen-bond donors (Lipinski definition) is 3. The highest BCUT2D eigenvalue weighted by atomic mass is 32.1. The smallest absolute Gasteiger partial charge is 0.233 e. The predicted octanol–water partition coefficient (Wildman–Crippen LogP) is 2.78. The number of likely N-dealkylation sites (tertiary alicyclic amines) is 1. The molecule has 2 aliphatic rings. The molecule has 0 spiro atoms. The van der Waals surface area contributed by atoms with E-state index < -0.39 is 6.10 Å². The number of anilines is 1. The van der Waals surface area contributed by atoms with Gasteiger partial charge in [-0.1, -0.05) is 43.3 Å². The molecule has 0 radical (unpaired) electrons. The number of carbonyl (C=O) groups is 2. The highest BCUT2D eigenvalue weighted by Gasteiger charge is 2.35. The van der Waals surface area contributed by atoms with Crippen molar-refractivity contribution in [1.82, 2.24) is 25.7 Å². The van der Waals surface area contributed by atoms with Gasteiger partial charge in [-0.05, 0) is 30.4 Å². The molecule has 0 aliphatic carbocycles. The van der Waals surface area contributed by atoms with Crippen LogP contribution in [0.1, 0.15) is 43.2 Å². The zero-order chi connectivity index (χ0) is 27.8. The van der Waals surface area contributed by atoms with Crippen LogP contribution in [0.25, 0.3) is 10.4 Å². The maximum atomic E-state index is 12.8. The van der Waals surface area contributed by atoms with Crippen LogP contribution in [-0.4, -0.2) is 77.8 Å². The fourth-order valence-corrected chi connectivity index (χ4v) is 5.67. The largest absolute Gasteiger partial charge is 0.391 e. The van der Waals surface area contributed by atoms with Gasteiger partial charge >= 0.3 is 0 Å². The standard InChI is InChI=1S/C16H26N4O3.C12H12N2OS/c1-11(2)15(16(22)20-6-3-12(21)10-20)13-9-14(18-23-13)19-7-4-17-5-8-19;1-9-12(16-8-14-9)11-4-2-10(3-5-11)6-13-7-15/h9,11-12,15,17,21H,3-8,10H2,1-2H3;2-5,7-8H,6H2,1H3,(H,13,15). The summed E-state index contributed by atoms with van der Waals surface area (Å²) in [5.74, 6) is 1.23. The first-order valence-corrected chi connectivity index (χ1v) is 14.3. The van der Waals surface area contributed by atoms with Gasteiger partial charge in [-0.2, -0.15) is 0 Å². The molecule has 3 aromatic rings. The number of aryl methyl sites for hydroxylation is 1. The Bertz CT molecular complexity index is 1200. The number of nitrogens with one attached hydrogen (secondary N) is 2. The van der Waals surface area contributed by atoms with Gasteiger partial charge in [0.15, 0.2) is 11.6 Å². The van der Waals surface area contributed by atoms with E-state index in [1.165, 1.54) is 10.4 Å². The van der Waals surface area contributed by atoms with Crippen molar-refractivity contribution in [3.8, 4) is 10.4 Å². The average molecular weight is 555 g/mol. The highest BCUT2D eigenvalue weighted by Crippen LogP contribution is 2.31. The number of hydrogen-bond acceptors (Lipinski definition) is 9. The minimum absolute atomic E-state index is 0.0274. The Morgan fingerprint density at radius 3 is 2.59 bits per heavy atom. The number of nitrogens with zero attached hydrogens (tertiary/aromatic N) is 4. The van der Waals surface area contributed by atoms with Crippen LogP contribution in [0.15, 0.2) is 40.4 Å². The molecule has 2 fully saturated rings. The minimum Gasteiger partial charge on any atom is -0.391 e. The number of carbonyl (C=O) groups excluding carboxylic acids is 2. The molecular weight excluding hydrogens is 516 g/mol. The van der Waals surface area contributed by atoms with E-state index in [1.807, 2.05) is 44.5 Å². The van der Waals surface area contributed by atoms with E-state index in [1.54, 1.807) is 16.2 Å². The van der Waals surface area contributed by atoms with Crippen molar-refractivity contribution in [2.75, 3.05) is 44.2 Å². The van der Waals surface area contributed by atoms with Gasteiger partial charge in [0.1, 0.15) is 5.92 Å². The van der Waals surface area contributed by atoms with Crippen molar-refractivity contribution in [3.63, 3.8) is 0 Å². The lowest BCUT2D eigenvalue weighted by molar-refractivity contribution is -0.133. The van der Waals surface area contributed by atoms with Crippen LogP contribution >= 0.6 is 11.3 Å². The van der Waals surface area contributed by atoms with E-state index in [-0.39, 0.29) is 17.7 Å². The lowest BCUT2D eigenvalue weighted by Gasteiger charge is -2.26. The van der Waals surface area contributed by atoms with Crippen LogP contribution in [0.3, 0.4) is 0 Å². The summed E-state index contributed by atoms with van der Waals surface area (Å²) in [6.45, 7) is 11.3. The summed E-state index contributed by atoms with van der Waals surface area (Å²) in [5, 5.41) is 19.8. The van der Waals surface area contributed by atoms with Gasteiger partial charge in [-0.3, -0.25) is 9.59 Å². The Hall–Kier alpha value is -3.28. The molecule has 1 aromatic carbocycles. The van der Waals surface area contributed by atoms with Gasteiger partial charge in [0.2, 0.25) is 12.3 Å². The summed E-state index contributed by atoms with van der Waals surface area (Å²) in [4.78, 5) is 32.3. The van der Waals surface area contributed by atoms with E-state index in [9.17, 15) is 14.7 Å². The second kappa shape index (κ2) is 13.7. The van der Waals surface area contributed by atoms with Crippen molar-refractivity contribution in [2.24, 2.45) is 5.92 Å². The molecule has 5 rings (SSSR count). The van der Waals surface area contributed by atoms with Crippen molar-refractivity contribution in [1.29, 1.82) is 0 Å². The predicted molar refractivity (Wildman–Crippen MR) is 152 cm³/mol. The fraction of sp³-hybridized carbons (Fsp3) is 0.500. The topological polar surface area (TPSA) is 124 Å². The van der Waals surface area contributed by atoms with E-state index in [4.69, 9.17) is 4.52 Å². The Labute approximate surface area is 233 Å². The first-order chi connectivity index (χ1) is 18.9. The van der Waals surface area contributed by atoms with Crippen molar-refractivity contribution < 1.29 is 19.2 Å². The number of rotatable bonds is 8. The number of β-amino-alcohol motifs (C(OH)–C–C–N with tert-alkyl or cyclic N) is 1. The van der Waals surface area contributed by atoms with Gasteiger partial charge in [0, 0.05) is 51.9 Å². The summed E-state index contributed by atoms with van der Waals surface area (Å²) in [6, 6.07) is 10.1. The summed E-state index contributed by atoms with van der Waals surface area (Å²) < 4.78 is 5.53. The van der Waals surface area contributed by atoms with Crippen LogP contribution in [0.5, 0.6) is 0 Å². The third-order valence-corrected chi connectivity index (χ3v) is 8.00. The molecule has 2 unspecified atom stereocenters. The van der Waals surface area contributed by atoms with Crippen molar-refractivity contribution in [3.05, 3.63) is 52.9 Å². The molecule has 2 aliphatic heterocycles. The number of amides is 2. The van der Waals surface area contributed by atoms with E-state index in [0.717, 1.165) is 43.3 Å². The van der Waals surface area contributed by atoms with Crippen LogP contribution in [-0.2, 0) is 16.1 Å². The maximum absolute atomic E-state index is 12.8. The molecule has 0 bridgehead atoms. The molecule has 2 amide bonds. The third kappa shape index (κ3) is 7.43. The second-order valence-electron chi connectivity index (χ2n) is 10.2. The van der Waals surface area contributed by atoms with Crippen molar-refractivity contribution >= 4 is 29.5 Å². The molecule has 39 heavy (non-hydrogen) atoms. The summed E-state index contributed by atoms with van der Waals surface area (Å²) in [5.41, 5.74) is 5.18. The average Bonchev–Trinajstić information content (AvgIpc) is 3.70. The summed E-state index contributed by atoms with van der Waals surface area (Å²) in [7, 11) is 0. The van der Waals surface area contributed by atoms with E-state index in [2.05, 4.69) is 37.8 Å². The number of aliphatic hydroxyl groups is 1. The maximum Gasteiger partial charge on any atom is 0.233 e. The zero-order valence-electron chi connectivity index (χ0n) is 22.8. The van der Waals surface area contributed by atoms with E-state index >= 15 is 0 Å². The Balaban J connectivity index is 0.000000193. The lowest BCUT2D eigenvalue weighted by atomic mass is 9.92. The normalized spacial score (nSPS) is 18.0. The van der Waals surface area contributed by atoms with Crippen LogP contribution < -0.4 is 15.5 Å². The zero-order valence-corrected chi connectivity index (χ0v) is 23.6. The Kier molecular flexibility index (Phi) is 10.1. The molecule has 2 saturated heterocycles. The molecule has 210 valence electrons. The van der Waals surface area contributed by atoms with Crippen LogP contribution in [0.2, 0.25) is 0 Å². The second-order valence-corrected chi connectivity index (χ2v) is 11.1. The Morgan fingerprint density at radius 2 is 2.00 bits per heavy atom. The molecule has 0 saturated carbocycles. The van der Waals surface area contributed by atoms with Gasteiger partial charge in [0.25, 0.3) is 0 Å². The number of thiazole rings is 1. The minimum atomic E-state index is -0.405. The first kappa shape index (κ1) is 28.7. The first-order valence-electron chi connectivity index (χ1n) is 13.4. The van der Waals surface area contributed by atoms with Gasteiger partial charge < -0.3 is 30.1 Å². The van der Waals surface area contributed by atoms with Crippen molar-refractivity contribution in [2.45, 2.75) is 45.8 Å². The molecule has 3 N–H and O–H groups in total. The molecule has 11 heteroatoms. The lowest BCUT2D eigenvalue weighted by Crippen LogP contribution is -2.43. The molecular formula is C28H38N6O4S. The third-order valence-electron chi connectivity index (χ3n) is 7.02. The quantitative estimate of drug-likeness (QED) is 0.363. The molecule has 10 nitrogen and oxygen atoms in total. The monoisotopic (exact) mass is 554 g/mol. The van der Waals surface area contributed by atoms with Gasteiger partial charge in [0.05, 0.1) is 22.2 Å². The molecule has 2 atom stereocenters. The number of piperazine rings is 1. The highest BCUT2D eigenvalue weighted by molar-refractivity contribution is 7.13. The number of aromatic nitrogens is 2. The van der Waals surface area contributed by atoms with Crippen LogP contribution in [0, 0.1) is 12.8 Å². The van der Waals surface area contributed by atoms with Gasteiger partial charge in [-0.25, -0.2) is 4.98 Å². The molecule has 4 heterocycles. The SMILES string of the molecule is CC(C)C(C(=O)N1CCC(O)C1)c1cc(N2CCNCC2)no1.Cc1ncsc1-c1ccc(CNC=O)cc1. The Morgan fingerprint density at radius 1 is 1.26 bits per heavy atom. The molecule has 2 aromatic heterocycles. The number of aliphatic hydroxyl groups excluding tert-OH is 1. The summed E-state index contributed by atoms with van der Waals surface area (Å²) in [6.07, 6.45) is 0.957. The van der Waals surface area contributed by atoms with Gasteiger partial charge in [-0.15, -0.1) is 11.3 Å². The summed E-state index contributed by atoms with van der Waals surface area (Å²) >= 11 is 1.64.